The molecule has 1 atom stereocenters. The first-order chi connectivity index (χ1) is 12.1. The summed E-state index contributed by atoms with van der Waals surface area (Å²) >= 11 is 6.00. The molecule has 0 fully saturated rings. The number of rotatable bonds is 5. The van der Waals surface area contributed by atoms with Crippen molar-refractivity contribution in [1.29, 1.82) is 0 Å². The van der Waals surface area contributed by atoms with Crippen LogP contribution in [-0.4, -0.2) is 33.3 Å². The summed E-state index contributed by atoms with van der Waals surface area (Å²) in [5.41, 5.74) is -1.61. The van der Waals surface area contributed by atoms with Crippen LogP contribution >= 0.6 is 11.6 Å². The number of carbonyl (C=O) groups is 1. The smallest absolute Gasteiger partial charge is 0.371 e. The van der Waals surface area contributed by atoms with Crippen LogP contribution in [0.25, 0.3) is 5.82 Å². The molecule has 2 aromatic rings. The first kappa shape index (κ1) is 19.7. The fourth-order valence-corrected chi connectivity index (χ4v) is 2.19. The molecule has 0 aliphatic rings. The van der Waals surface area contributed by atoms with Crippen molar-refractivity contribution in [3.63, 3.8) is 0 Å². The van der Waals surface area contributed by atoms with E-state index in [1.54, 1.807) is 13.8 Å². The number of halogens is 4. The molecule has 2 N–H and O–H groups in total. The number of alkyl halides is 3. The minimum atomic E-state index is -4.54. The first-order valence-corrected chi connectivity index (χ1v) is 7.88. The van der Waals surface area contributed by atoms with E-state index < -0.39 is 23.3 Å². The Hall–Kier alpha value is -2.62. The van der Waals surface area contributed by atoms with Gasteiger partial charge < -0.3 is 10.6 Å². The summed E-state index contributed by atoms with van der Waals surface area (Å²) < 4.78 is 38.5. The second-order valence-corrected chi connectivity index (χ2v) is 5.63. The molecule has 0 aliphatic heterocycles. The van der Waals surface area contributed by atoms with Crippen LogP contribution in [-0.2, 0) is 11.0 Å². The quantitative estimate of drug-likeness (QED) is 0.818. The van der Waals surface area contributed by atoms with E-state index in [0.717, 1.165) is 16.8 Å². The summed E-state index contributed by atoms with van der Waals surface area (Å²) in [4.78, 5) is 27.6. The number of hydrogen-bond donors (Lipinski definition) is 2. The molecule has 0 radical (unpaired) electrons. The molecular weight excluding hydrogens is 375 g/mol. The van der Waals surface area contributed by atoms with Crippen LogP contribution in [0.3, 0.4) is 0 Å². The molecule has 0 aromatic carbocycles. The van der Waals surface area contributed by atoms with Crippen LogP contribution in [0.15, 0.2) is 29.3 Å². The van der Waals surface area contributed by atoms with Gasteiger partial charge in [0, 0.05) is 12.7 Å². The third kappa shape index (κ3) is 4.31. The lowest BCUT2D eigenvalue weighted by atomic mass is 10.3. The molecule has 0 saturated heterocycles. The van der Waals surface area contributed by atoms with E-state index in [1.165, 1.54) is 6.20 Å². The Morgan fingerprint density at radius 1 is 1.35 bits per heavy atom. The maximum absolute atomic E-state index is 12.6. The van der Waals surface area contributed by atoms with Gasteiger partial charge in [-0.05, 0) is 26.0 Å². The molecule has 2 aromatic heterocycles. The monoisotopic (exact) mass is 389 g/mol. The van der Waals surface area contributed by atoms with Crippen molar-refractivity contribution in [2.45, 2.75) is 26.1 Å². The zero-order valence-electron chi connectivity index (χ0n) is 13.8. The maximum Gasteiger partial charge on any atom is 0.417 e. The van der Waals surface area contributed by atoms with Crippen LogP contribution in [0.1, 0.15) is 19.4 Å². The lowest BCUT2D eigenvalue weighted by molar-refractivity contribution is -0.137. The molecule has 0 spiro atoms. The van der Waals surface area contributed by atoms with E-state index >= 15 is 0 Å². The Labute approximate surface area is 151 Å². The largest absolute Gasteiger partial charge is 0.417 e. The fourth-order valence-electron chi connectivity index (χ4n) is 2.00. The minimum absolute atomic E-state index is 0.117. The molecule has 0 bridgehead atoms. The zero-order chi connectivity index (χ0) is 19.5. The van der Waals surface area contributed by atoms with Crippen molar-refractivity contribution in [3.8, 4) is 5.82 Å². The Morgan fingerprint density at radius 3 is 2.58 bits per heavy atom. The summed E-state index contributed by atoms with van der Waals surface area (Å²) in [7, 11) is 0. The summed E-state index contributed by atoms with van der Waals surface area (Å²) in [6.07, 6.45) is -2.75. The molecule has 0 saturated carbocycles. The Bertz CT molecular complexity index is 852. The summed E-state index contributed by atoms with van der Waals surface area (Å²) in [6, 6.07) is 1.12. The molecule has 26 heavy (non-hydrogen) atoms. The van der Waals surface area contributed by atoms with Gasteiger partial charge in [-0.15, -0.1) is 0 Å². The Morgan fingerprint density at radius 2 is 2.04 bits per heavy atom. The zero-order valence-corrected chi connectivity index (χ0v) is 14.5. The van der Waals surface area contributed by atoms with Crippen molar-refractivity contribution in [2.75, 3.05) is 11.9 Å². The molecule has 2 rings (SSSR count). The van der Waals surface area contributed by atoms with Crippen molar-refractivity contribution >= 4 is 23.2 Å². The minimum Gasteiger partial charge on any atom is -0.371 e. The summed E-state index contributed by atoms with van der Waals surface area (Å²) in [5, 5.41) is 8.93. The highest BCUT2D eigenvalue weighted by Crippen LogP contribution is 2.28. The van der Waals surface area contributed by atoms with Crippen LogP contribution < -0.4 is 16.2 Å². The second-order valence-electron chi connectivity index (χ2n) is 5.25. The molecule has 7 nitrogen and oxygen atoms in total. The second kappa shape index (κ2) is 7.73. The average Bonchev–Trinajstić information content (AvgIpc) is 2.58. The number of likely N-dealkylation sites (N-methyl/N-ethyl adjacent to an activating group) is 1. The Balaban J connectivity index is 2.29. The normalized spacial score (nSPS) is 12.5. The van der Waals surface area contributed by atoms with Gasteiger partial charge in [-0.25, -0.2) is 4.98 Å². The van der Waals surface area contributed by atoms with Crippen molar-refractivity contribution in [2.24, 2.45) is 0 Å². The van der Waals surface area contributed by atoms with E-state index in [1.807, 2.05) is 0 Å². The summed E-state index contributed by atoms with van der Waals surface area (Å²) in [5.74, 6) is -0.412. The predicted octanol–water partition coefficient (Wildman–Crippen LogP) is 2.24. The fraction of sp³-hybridized carbons (Fsp3) is 0.333. The van der Waals surface area contributed by atoms with Gasteiger partial charge >= 0.3 is 6.18 Å². The number of anilines is 1. The lowest BCUT2D eigenvalue weighted by Crippen LogP contribution is -2.38. The SMILES string of the molecule is CCNC(=O)[C@@H](C)Nc1cnn(-c2ccc(C(F)(F)F)cn2)c(=O)c1Cl. The highest BCUT2D eigenvalue weighted by molar-refractivity contribution is 6.33. The summed E-state index contributed by atoms with van der Waals surface area (Å²) in [6.45, 7) is 3.78. The van der Waals surface area contributed by atoms with Crippen LogP contribution in [0, 0.1) is 0 Å². The number of carbonyl (C=O) groups excluding carboxylic acids is 1. The van der Waals surface area contributed by atoms with Gasteiger partial charge in [-0.1, -0.05) is 11.6 Å². The molecule has 0 aliphatic carbocycles. The van der Waals surface area contributed by atoms with Gasteiger partial charge in [0.25, 0.3) is 5.56 Å². The number of aromatic nitrogens is 3. The van der Waals surface area contributed by atoms with Gasteiger partial charge in [0.1, 0.15) is 11.1 Å². The van der Waals surface area contributed by atoms with Gasteiger partial charge in [0.15, 0.2) is 5.82 Å². The van der Waals surface area contributed by atoms with Crippen molar-refractivity contribution < 1.29 is 18.0 Å². The van der Waals surface area contributed by atoms with Gasteiger partial charge in [-0.2, -0.15) is 23.0 Å². The first-order valence-electron chi connectivity index (χ1n) is 7.50. The highest BCUT2D eigenvalue weighted by atomic mass is 35.5. The van der Waals surface area contributed by atoms with E-state index in [4.69, 9.17) is 11.6 Å². The number of amides is 1. The maximum atomic E-state index is 12.6. The van der Waals surface area contributed by atoms with E-state index in [0.29, 0.717) is 12.7 Å². The molecule has 11 heteroatoms. The van der Waals surface area contributed by atoms with E-state index in [-0.39, 0.29) is 22.4 Å². The number of nitrogens with one attached hydrogen (secondary N) is 2. The van der Waals surface area contributed by atoms with E-state index in [2.05, 4.69) is 20.7 Å². The number of pyridine rings is 1. The van der Waals surface area contributed by atoms with E-state index in [9.17, 15) is 22.8 Å². The van der Waals surface area contributed by atoms with Gasteiger partial charge in [-0.3, -0.25) is 9.59 Å². The molecule has 2 heterocycles. The number of nitrogens with zero attached hydrogens (tertiary/aromatic N) is 3. The lowest BCUT2D eigenvalue weighted by Gasteiger charge is -2.15. The van der Waals surface area contributed by atoms with Gasteiger partial charge in [0.05, 0.1) is 17.4 Å². The van der Waals surface area contributed by atoms with Crippen LogP contribution in [0.5, 0.6) is 0 Å². The van der Waals surface area contributed by atoms with Crippen LogP contribution in [0.2, 0.25) is 5.02 Å². The molecule has 0 unspecified atom stereocenters. The molecule has 1 amide bonds. The number of hydrogen-bond acceptors (Lipinski definition) is 5. The highest BCUT2D eigenvalue weighted by Gasteiger charge is 2.30. The van der Waals surface area contributed by atoms with Crippen molar-refractivity contribution in [1.82, 2.24) is 20.1 Å². The third-order valence-corrected chi connectivity index (χ3v) is 3.69. The molecule has 140 valence electrons. The average molecular weight is 390 g/mol. The third-order valence-electron chi connectivity index (χ3n) is 3.33. The predicted molar refractivity (Wildman–Crippen MR) is 89.4 cm³/mol. The van der Waals surface area contributed by atoms with Gasteiger partial charge in [0.2, 0.25) is 5.91 Å². The molecular formula is C15H15ClF3N5O2. The van der Waals surface area contributed by atoms with Crippen LogP contribution in [0.4, 0.5) is 18.9 Å². The van der Waals surface area contributed by atoms with Crippen molar-refractivity contribution in [3.05, 3.63) is 45.5 Å². The Kier molecular flexibility index (Phi) is 5.86. The topological polar surface area (TPSA) is 88.9 Å². The standard InChI is InChI=1S/C15H15ClF3N5O2/c1-3-20-13(25)8(2)23-10-7-22-24(14(26)12(10)16)11-5-4-9(6-21-11)15(17,18)19/h4-8,23H,3H2,1-2H3,(H,20,25)/t8-/m1/s1.